The van der Waals surface area contributed by atoms with Crippen molar-refractivity contribution in [3.05, 3.63) is 47.7 Å². The summed E-state index contributed by atoms with van der Waals surface area (Å²) in [5.41, 5.74) is 0.830. The number of rotatable bonds is 5. The minimum atomic E-state index is -0.896. The molecule has 1 aliphatic heterocycles. The number of pyridine rings is 1. The first-order valence-electron chi connectivity index (χ1n) is 10.5. The number of quaternary nitrogens is 1. The molecule has 7 nitrogen and oxygen atoms in total. The van der Waals surface area contributed by atoms with Gasteiger partial charge in [0.1, 0.15) is 5.75 Å². The zero-order valence-electron chi connectivity index (χ0n) is 18.9. The van der Waals surface area contributed by atoms with Gasteiger partial charge in [0.15, 0.2) is 11.2 Å². The summed E-state index contributed by atoms with van der Waals surface area (Å²) in [6.07, 6.45) is 2.04. The Balaban J connectivity index is 1.96. The highest BCUT2D eigenvalue weighted by atomic mass is 16.5. The van der Waals surface area contributed by atoms with Crippen LogP contribution >= 0.6 is 0 Å². The van der Waals surface area contributed by atoms with E-state index >= 15 is 0 Å². The lowest BCUT2D eigenvalue weighted by Gasteiger charge is -2.26. The molecular weight excluding hydrogens is 392 g/mol. The zero-order valence-corrected chi connectivity index (χ0v) is 18.9. The third-order valence-electron chi connectivity index (χ3n) is 6.02. The summed E-state index contributed by atoms with van der Waals surface area (Å²) in [7, 11) is 0. The molecule has 1 aromatic heterocycles. The molecule has 7 heteroatoms. The van der Waals surface area contributed by atoms with E-state index in [9.17, 15) is 14.9 Å². The lowest BCUT2D eigenvalue weighted by atomic mass is 9.85. The van der Waals surface area contributed by atoms with Crippen LogP contribution in [0.25, 0.3) is 0 Å². The Kier molecular flexibility index (Phi) is 5.64. The van der Waals surface area contributed by atoms with Crippen LogP contribution in [0.3, 0.4) is 0 Å². The Hall–Kier alpha value is -3.24. The fourth-order valence-corrected chi connectivity index (χ4v) is 3.89. The smallest absolute Gasteiger partial charge is 0.430 e. The number of nitrogens with zero attached hydrogens (tertiary/aromatic N) is 3. The van der Waals surface area contributed by atoms with Crippen molar-refractivity contribution in [2.75, 3.05) is 6.54 Å². The average Bonchev–Trinajstić information content (AvgIpc) is 2.94. The molecule has 1 saturated heterocycles. The minimum absolute atomic E-state index is 0.180. The van der Waals surface area contributed by atoms with Crippen LogP contribution in [0.1, 0.15) is 59.1 Å². The molecule has 2 aromatic rings. The highest BCUT2D eigenvalue weighted by Gasteiger charge is 2.62. The van der Waals surface area contributed by atoms with Crippen molar-refractivity contribution in [1.82, 2.24) is 14.8 Å². The molecule has 0 saturated carbocycles. The number of ether oxygens (including phenoxy) is 1. The number of likely N-dealkylation sites (N-methyl/N-ethyl adjacent to an activating group) is 1. The predicted molar refractivity (Wildman–Crippen MR) is 119 cm³/mol. The van der Waals surface area contributed by atoms with E-state index < -0.39 is 10.0 Å². The van der Waals surface area contributed by atoms with Gasteiger partial charge in [0.25, 0.3) is 0 Å². The number of nitrogens with one attached hydrogen (secondary N) is 1. The van der Waals surface area contributed by atoms with Gasteiger partial charge in [-0.2, -0.15) is 5.26 Å². The van der Waals surface area contributed by atoms with E-state index in [0.29, 0.717) is 35.8 Å². The predicted octanol–water partition coefficient (Wildman–Crippen LogP) is 4.79. The fourth-order valence-electron chi connectivity index (χ4n) is 3.89. The Morgan fingerprint density at radius 1 is 1.19 bits per heavy atom. The van der Waals surface area contributed by atoms with Crippen LogP contribution in [-0.2, 0) is 10.2 Å². The van der Waals surface area contributed by atoms with Gasteiger partial charge >= 0.3 is 11.9 Å². The van der Waals surface area contributed by atoms with Gasteiger partial charge in [-0.25, -0.2) is 14.6 Å². The van der Waals surface area contributed by atoms with Gasteiger partial charge in [0.05, 0.1) is 24.4 Å². The van der Waals surface area contributed by atoms with Crippen molar-refractivity contribution in [2.45, 2.75) is 58.9 Å². The maximum absolute atomic E-state index is 13.2. The third-order valence-corrected chi connectivity index (χ3v) is 6.02. The van der Waals surface area contributed by atoms with Crippen molar-refractivity contribution in [1.29, 1.82) is 5.26 Å². The van der Waals surface area contributed by atoms with Gasteiger partial charge in [0, 0.05) is 17.7 Å². The second-order valence-electron chi connectivity index (χ2n) is 9.08. The highest BCUT2D eigenvalue weighted by molar-refractivity contribution is 6.17. The van der Waals surface area contributed by atoms with E-state index in [-0.39, 0.29) is 17.4 Å². The van der Waals surface area contributed by atoms with E-state index in [2.05, 4.69) is 16.4 Å². The fraction of sp³-hybridized carbons (Fsp3) is 0.417. The Morgan fingerprint density at radius 3 is 2.39 bits per heavy atom. The number of hydrogen-bond donors (Lipinski definition) is 1. The minimum Gasteiger partial charge on any atom is -0.439 e. The molecule has 0 radical (unpaired) electrons. The van der Waals surface area contributed by atoms with Gasteiger partial charge in [-0.15, -0.1) is 4.48 Å². The normalized spacial score (nSPS) is 23.4. The SMILES string of the molecule is CCC1(C)NC(=O)[N+](CC)(c2ccc(Oc3ccc(C#N)cc3C(C)(C)C)nc2)C1=O. The number of carbonyl (C=O) groups excluding carboxylic acids is 2. The molecule has 3 amide bonds. The van der Waals surface area contributed by atoms with Crippen molar-refractivity contribution in [3.63, 3.8) is 0 Å². The van der Waals surface area contributed by atoms with E-state index in [1.807, 2.05) is 40.7 Å². The van der Waals surface area contributed by atoms with Gasteiger partial charge in [0.2, 0.25) is 5.88 Å². The monoisotopic (exact) mass is 421 g/mol. The van der Waals surface area contributed by atoms with Crippen molar-refractivity contribution in [2.24, 2.45) is 0 Å². The van der Waals surface area contributed by atoms with Crippen LogP contribution in [0, 0.1) is 11.3 Å². The van der Waals surface area contributed by atoms with E-state index in [1.54, 1.807) is 31.2 Å². The van der Waals surface area contributed by atoms with Gasteiger partial charge < -0.3 is 4.74 Å². The number of urea groups is 1. The first-order valence-corrected chi connectivity index (χ1v) is 10.5. The number of nitriles is 1. The van der Waals surface area contributed by atoms with E-state index in [0.717, 1.165) is 5.56 Å². The van der Waals surface area contributed by atoms with Crippen LogP contribution in [0.5, 0.6) is 11.6 Å². The largest absolute Gasteiger partial charge is 0.439 e. The third kappa shape index (κ3) is 3.68. The number of carbonyl (C=O) groups is 2. The summed E-state index contributed by atoms with van der Waals surface area (Å²) in [4.78, 5) is 30.5. The summed E-state index contributed by atoms with van der Waals surface area (Å²) in [5.74, 6) is 0.776. The van der Waals surface area contributed by atoms with Gasteiger partial charge in [-0.05, 0) is 43.9 Å². The van der Waals surface area contributed by atoms with Crippen molar-refractivity contribution in [3.8, 4) is 17.7 Å². The Morgan fingerprint density at radius 2 is 1.90 bits per heavy atom. The molecule has 162 valence electrons. The molecule has 1 aromatic carbocycles. The summed E-state index contributed by atoms with van der Waals surface area (Å²) in [6, 6.07) is 10.5. The zero-order chi connectivity index (χ0) is 23.0. The van der Waals surface area contributed by atoms with Crippen LogP contribution in [0.2, 0.25) is 0 Å². The maximum atomic E-state index is 13.2. The molecule has 0 spiro atoms. The van der Waals surface area contributed by atoms with Crippen molar-refractivity contribution < 1.29 is 14.3 Å². The molecule has 2 unspecified atom stereocenters. The molecule has 0 bridgehead atoms. The van der Waals surface area contributed by atoms with Crippen LogP contribution < -0.4 is 14.5 Å². The van der Waals surface area contributed by atoms with Crippen LogP contribution in [0.4, 0.5) is 10.5 Å². The Labute approximate surface area is 183 Å². The summed E-state index contributed by atoms with van der Waals surface area (Å²) >= 11 is 0. The molecule has 1 aliphatic rings. The molecule has 0 aliphatic carbocycles. The summed E-state index contributed by atoms with van der Waals surface area (Å²) < 4.78 is 5.61. The molecule has 1 fully saturated rings. The average molecular weight is 422 g/mol. The van der Waals surface area contributed by atoms with Gasteiger partial charge in [-0.3, -0.25) is 5.32 Å². The first kappa shape index (κ1) is 22.4. The standard InChI is InChI=1S/C24H28N4O3/c1-7-24(6)21(29)28(8-2,22(30)27-24)17-10-12-20(26-15-17)31-19-11-9-16(14-25)13-18(19)23(3,4)5/h9-13,15H,7-8H2,1-6H3/p+1. The quantitative estimate of drug-likeness (QED) is 0.554. The molecule has 2 heterocycles. The van der Waals surface area contributed by atoms with Crippen LogP contribution in [-0.4, -0.2) is 29.0 Å². The van der Waals surface area contributed by atoms with E-state index in [1.165, 1.54) is 6.20 Å². The lowest BCUT2D eigenvalue weighted by molar-refractivity contribution is -0.130. The topological polar surface area (TPSA) is 92.1 Å². The molecular formula is C24H29N4O3+. The van der Waals surface area contributed by atoms with E-state index in [4.69, 9.17) is 4.74 Å². The number of aromatic nitrogens is 1. The molecule has 1 N–H and O–H groups in total. The van der Waals surface area contributed by atoms with Gasteiger partial charge in [-0.1, -0.05) is 27.7 Å². The van der Waals surface area contributed by atoms with Crippen LogP contribution in [0.15, 0.2) is 36.5 Å². The number of amides is 3. The molecule has 31 heavy (non-hydrogen) atoms. The number of hydrogen-bond acceptors (Lipinski definition) is 5. The lowest BCUT2D eigenvalue weighted by Crippen LogP contribution is -2.56. The highest BCUT2D eigenvalue weighted by Crippen LogP contribution is 2.37. The maximum Gasteiger partial charge on any atom is 0.430 e. The Bertz CT molecular complexity index is 1070. The van der Waals surface area contributed by atoms with Crippen molar-refractivity contribution >= 4 is 17.6 Å². The number of imide groups is 1. The summed E-state index contributed by atoms with van der Waals surface area (Å²) in [6.45, 7) is 11.9. The summed E-state index contributed by atoms with van der Waals surface area (Å²) in [5, 5.41) is 12.1. The second kappa shape index (κ2) is 7.78. The first-order chi connectivity index (χ1) is 14.5. The molecule has 2 atom stereocenters. The number of benzene rings is 1. The second-order valence-corrected chi connectivity index (χ2v) is 9.08. The molecule has 3 rings (SSSR count).